The van der Waals surface area contributed by atoms with Crippen LogP contribution in [0.1, 0.15) is 119 Å². The molecule has 2 aliphatic heterocycles. The van der Waals surface area contributed by atoms with Crippen molar-refractivity contribution in [3.8, 4) is 142 Å². The highest BCUT2D eigenvalue weighted by Gasteiger charge is 2.47. The van der Waals surface area contributed by atoms with Gasteiger partial charge in [-0.05, 0) is 140 Å². The number of ether oxygens (including phenoxy) is 5. The van der Waals surface area contributed by atoms with Crippen LogP contribution in [0.15, 0.2) is 12.2 Å². The molecule has 2 rings (SSSR count). The van der Waals surface area contributed by atoms with Crippen molar-refractivity contribution < 1.29 is 28.5 Å². The number of carbonyl (C=O) groups excluding carboxylic acids is 1. The van der Waals surface area contributed by atoms with E-state index in [4.69, 9.17) is 23.7 Å². The number of hydrogen-bond acceptors (Lipinski definition) is 6. The molecule has 7 nitrogen and oxygen atoms in total. The molecular formula is C58H63NO6. The van der Waals surface area contributed by atoms with E-state index in [9.17, 15) is 4.79 Å². The molecule has 8 atom stereocenters. The van der Waals surface area contributed by atoms with E-state index in [1.165, 1.54) is 57.8 Å². The standard InChI is InChI=1S/C58H63NO6/c1-10-12-14-16-18-20-22-24-25-26-27-28-29-30-31-32-33-34-36-38-40-42-44-46-55(60)59(8)52(47-62-57-51(5)49(3)50(4)54(63-57)48-61-9)56-53(64-58(6,7)65-56)45-43-41-39-37-35-23-21-19-17-15-13-11-2/h43,45,49-54,56-57H,11,13,15,17,19,21,23,35,37,39,41,47-48H2,1-9H3/t49-,50+,51?,52-,53+,54?,56-,57-/m0/s1. The number of unbranched alkanes of at least 4 members (excludes halogenated alkanes) is 10. The van der Waals surface area contributed by atoms with Crippen molar-refractivity contribution in [3.63, 3.8) is 0 Å². The van der Waals surface area contributed by atoms with Crippen LogP contribution in [0.2, 0.25) is 0 Å². The molecule has 0 aromatic rings. The van der Waals surface area contributed by atoms with Gasteiger partial charge in [0.15, 0.2) is 12.1 Å². The maximum Gasteiger partial charge on any atom is 0.299 e. The van der Waals surface area contributed by atoms with Gasteiger partial charge in [0.1, 0.15) is 12.2 Å². The summed E-state index contributed by atoms with van der Waals surface area (Å²) in [5, 5.41) is 0. The highest BCUT2D eigenvalue weighted by molar-refractivity contribution is 5.94. The Balaban J connectivity index is 2.11. The number of likely N-dealkylation sites (N-methyl/N-ethyl adjacent to an activating group) is 1. The van der Waals surface area contributed by atoms with Crippen LogP contribution in [-0.2, 0) is 28.5 Å². The summed E-state index contributed by atoms with van der Waals surface area (Å²) in [6, 6.07) is -0.560. The molecule has 0 aromatic carbocycles. The SMILES string of the molecule is CC#CC#CC#CC#CC#CC#CC#CC#CC#CC#CC#CC#CC(=O)N(C)[C@@H](CO[C@H]1OC(COC)[C@H](C)[C@H](C)C1C)[C@@H]1OC(C)(C)O[C@@H]1C=CCCCCCCCCCCCC. The Kier molecular flexibility index (Phi) is 28.8. The maximum atomic E-state index is 13.6. The van der Waals surface area contributed by atoms with Gasteiger partial charge in [0.05, 0.1) is 25.4 Å². The van der Waals surface area contributed by atoms with Crippen LogP contribution in [0.3, 0.4) is 0 Å². The number of rotatable bonds is 19. The fraction of sp³-hybridized carbons (Fsp3) is 0.534. The topological polar surface area (TPSA) is 66.5 Å². The number of nitrogens with zero attached hydrogens (tertiary/aromatic N) is 1. The van der Waals surface area contributed by atoms with Gasteiger partial charge in [-0.25, -0.2) is 0 Å². The second-order valence-electron chi connectivity index (χ2n) is 16.0. The lowest BCUT2D eigenvalue weighted by molar-refractivity contribution is -0.261. The van der Waals surface area contributed by atoms with E-state index in [0.29, 0.717) is 18.4 Å². The zero-order valence-electron chi connectivity index (χ0n) is 39.9. The molecule has 2 heterocycles. The molecule has 2 fully saturated rings. The molecule has 0 aliphatic carbocycles. The quantitative estimate of drug-likeness (QED) is 0.0760. The van der Waals surface area contributed by atoms with Gasteiger partial charge >= 0.3 is 0 Å². The van der Waals surface area contributed by atoms with Gasteiger partial charge in [0, 0.05) is 61.5 Å². The molecule has 0 spiro atoms. The zero-order valence-corrected chi connectivity index (χ0v) is 39.9. The molecule has 0 bridgehead atoms. The first-order valence-electron chi connectivity index (χ1n) is 22.5. The van der Waals surface area contributed by atoms with Crippen molar-refractivity contribution in [2.75, 3.05) is 27.4 Å². The highest BCUT2D eigenvalue weighted by Crippen LogP contribution is 2.37. The smallest absolute Gasteiger partial charge is 0.299 e. The van der Waals surface area contributed by atoms with Gasteiger partial charge in [-0.15, -0.1) is 0 Å². The van der Waals surface area contributed by atoms with Crippen LogP contribution < -0.4 is 0 Å². The first-order chi connectivity index (χ1) is 31.6. The van der Waals surface area contributed by atoms with Crippen molar-refractivity contribution in [2.45, 2.75) is 156 Å². The third-order valence-electron chi connectivity index (χ3n) is 10.8. The average molecular weight is 870 g/mol. The van der Waals surface area contributed by atoms with Crippen molar-refractivity contribution in [1.82, 2.24) is 4.90 Å². The average Bonchev–Trinajstić information content (AvgIpc) is 3.60. The number of amides is 1. The van der Waals surface area contributed by atoms with Crippen LogP contribution in [-0.4, -0.2) is 74.6 Å². The van der Waals surface area contributed by atoms with Crippen molar-refractivity contribution >= 4 is 5.91 Å². The van der Waals surface area contributed by atoms with Crippen LogP contribution in [0.25, 0.3) is 0 Å². The predicted molar refractivity (Wildman–Crippen MR) is 259 cm³/mol. The van der Waals surface area contributed by atoms with Gasteiger partial charge in [0.25, 0.3) is 5.91 Å². The third kappa shape index (κ3) is 23.8. The number of carbonyl (C=O) groups is 1. The zero-order chi connectivity index (χ0) is 47.4. The minimum Gasteiger partial charge on any atom is -0.382 e. The third-order valence-corrected chi connectivity index (χ3v) is 10.8. The number of allylic oxidation sites excluding steroid dienone is 1. The molecule has 7 heteroatoms. The van der Waals surface area contributed by atoms with E-state index >= 15 is 0 Å². The second kappa shape index (κ2) is 34.2. The second-order valence-corrected chi connectivity index (χ2v) is 16.0. The van der Waals surface area contributed by atoms with Gasteiger partial charge in [-0.3, -0.25) is 4.79 Å². The van der Waals surface area contributed by atoms with Crippen molar-refractivity contribution in [1.29, 1.82) is 0 Å². The molecular weight excluding hydrogens is 807 g/mol. The maximum absolute atomic E-state index is 13.6. The normalized spacial score (nSPS) is 20.8. The first kappa shape index (κ1) is 54.9. The van der Waals surface area contributed by atoms with E-state index in [1.807, 2.05) is 13.8 Å². The fourth-order valence-electron chi connectivity index (χ4n) is 6.91. The molecule has 1 amide bonds. The summed E-state index contributed by atoms with van der Waals surface area (Å²) in [5.74, 6) is 60.9. The van der Waals surface area contributed by atoms with Crippen LogP contribution in [0.5, 0.6) is 0 Å². The lowest BCUT2D eigenvalue weighted by atomic mass is 9.79. The molecule has 0 saturated carbocycles. The van der Waals surface area contributed by atoms with Gasteiger partial charge in [-0.1, -0.05) is 104 Å². The molecule has 0 radical (unpaired) electrons. The number of hydrogen-bond donors (Lipinski definition) is 0. The van der Waals surface area contributed by atoms with E-state index in [0.717, 1.165) is 12.8 Å². The summed E-state index contributed by atoms with van der Waals surface area (Å²) in [5.41, 5.74) is 0. The van der Waals surface area contributed by atoms with E-state index < -0.39 is 36.2 Å². The first-order valence-corrected chi connectivity index (χ1v) is 22.5. The Hall–Kier alpha value is -6.27. The van der Waals surface area contributed by atoms with E-state index in [2.05, 4.69) is 182 Å². The summed E-state index contributed by atoms with van der Waals surface area (Å²) in [6.45, 7) is 14.9. The largest absolute Gasteiger partial charge is 0.382 e. The summed E-state index contributed by atoms with van der Waals surface area (Å²) >= 11 is 0. The number of methoxy groups -OCH3 is 1. The molecule has 2 unspecified atom stereocenters. The minimum atomic E-state index is -0.878. The van der Waals surface area contributed by atoms with Gasteiger partial charge < -0.3 is 28.6 Å². The monoisotopic (exact) mass is 869 g/mol. The van der Waals surface area contributed by atoms with Gasteiger partial charge in [0.2, 0.25) is 0 Å². The summed E-state index contributed by atoms with van der Waals surface area (Å²) in [6.07, 6.45) is 16.5. The fourth-order valence-corrected chi connectivity index (χ4v) is 6.91. The molecule has 0 aromatic heterocycles. The Morgan fingerprint density at radius 3 is 1.58 bits per heavy atom. The van der Waals surface area contributed by atoms with Crippen molar-refractivity contribution in [2.24, 2.45) is 17.8 Å². The van der Waals surface area contributed by atoms with Gasteiger partial charge in [-0.2, -0.15) is 0 Å². The molecule has 2 saturated heterocycles. The molecule has 336 valence electrons. The van der Waals surface area contributed by atoms with Crippen molar-refractivity contribution in [3.05, 3.63) is 12.2 Å². The lowest BCUT2D eigenvalue weighted by Gasteiger charge is -2.44. The summed E-state index contributed by atoms with van der Waals surface area (Å²) in [4.78, 5) is 15.1. The Bertz CT molecular complexity index is 2370. The summed E-state index contributed by atoms with van der Waals surface area (Å²) < 4.78 is 31.4. The molecule has 2 aliphatic rings. The Labute approximate surface area is 392 Å². The van der Waals surface area contributed by atoms with Crippen LogP contribution >= 0.6 is 0 Å². The molecule has 0 N–H and O–H groups in total. The van der Waals surface area contributed by atoms with E-state index in [-0.39, 0.29) is 18.6 Å². The minimum absolute atomic E-state index is 0.109. The highest BCUT2D eigenvalue weighted by atomic mass is 16.8. The predicted octanol–water partition coefficient (Wildman–Crippen LogP) is 7.56. The lowest BCUT2D eigenvalue weighted by Crippen LogP contribution is -2.53. The Morgan fingerprint density at radius 1 is 0.646 bits per heavy atom. The van der Waals surface area contributed by atoms with Crippen LogP contribution in [0, 0.1) is 160 Å². The molecule has 65 heavy (non-hydrogen) atoms. The summed E-state index contributed by atoms with van der Waals surface area (Å²) in [7, 11) is 3.37. The van der Waals surface area contributed by atoms with E-state index in [1.54, 1.807) is 26.0 Å². The Morgan fingerprint density at radius 2 is 1.11 bits per heavy atom. The van der Waals surface area contributed by atoms with Crippen LogP contribution in [0.4, 0.5) is 0 Å².